The summed E-state index contributed by atoms with van der Waals surface area (Å²) in [4.78, 5) is 15.9. The monoisotopic (exact) mass is 321 g/mol. The molecule has 120 valence electrons. The van der Waals surface area contributed by atoms with Crippen molar-refractivity contribution >= 4 is 17.2 Å². The largest absolute Gasteiger partial charge is 0.396 e. The molecule has 0 unspecified atom stereocenters. The van der Waals surface area contributed by atoms with Gasteiger partial charge in [0.25, 0.3) is 5.91 Å². The molecule has 2 saturated heterocycles. The molecule has 2 aliphatic heterocycles. The summed E-state index contributed by atoms with van der Waals surface area (Å²) in [5.41, 5.74) is 2.55. The molecular weight excluding hydrogens is 298 g/mol. The van der Waals surface area contributed by atoms with E-state index in [1.807, 2.05) is 4.90 Å². The van der Waals surface area contributed by atoms with E-state index in [1.54, 1.807) is 11.3 Å². The number of carbonyl (C=O) groups excluding carboxylic acids is 1. The normalized spacial score (nSPS) is 31.0. The van der Waals surface area contributed by atoms with Crippen molar-refractivity contribution in [3.63, 3.8) is 0 Å². The Labute approximate surface area is 135 Å². The fourth-order valence-electron chi connectivity index (χ4n) is 4.30. The van der Waals surface area contributed by atoms with Crippen LogP contribution in [0.4, 0.5) is 0 Å². The molecule has 0 saturated carbocycles. The highest BCUT2D eigenvalue weighted by Crippen LogP contribution is 2.43. The van der Waals surface area contributed by atoms with E-state index in [4.69, 9.17) is 4.74 Å². The number of hydrogen-bond acceptors (Lipinski definition) is 4. The summed E-state index contributed by atoms with van der Waals surface area (Å²) in [6.45, 7) is 2.95. The molecule has 0 aromatic carbocycles. The lowest BCUT2D eigenvalue weighted by Gasteiger charge is -2.36. The summed E-state index contributed by atoms with van der Waals surface area (Å²) < 4.78 is 5.57. The van der Waals surface area contributed by atoms with Crippen LogP contribution in [0, 0.1) is 11.3 Å². The number of aliphatic hydroxyl groups is 1. The average molecular weight is 321 g/mol. The average Bonchev–Trinajstić information content (AvgIpc) is 3.16. The van der Waals surface area contributed by atoms with Gasteiger partial charge in [-0.05, 0) is 48.6 Å². The third-order valence-corrected chi connectivity index (χ3v) is 6.83. The molecule has 1 N–H and O–H groups in total. The first-order valence-electron chi connectivity index (χ1n) is 8.31. The van der Waals surface area contributed by atoms with E-state index in [1.165, 1.54) is 24.0 Å². The highest BCUT2D eigenvalue weighted by molar-refractivity contribution is 7.12. The number of hydrogen-bond donors (Lipinski definition) is 1. The number of aryl methyl sites for hydroxylation is 1. The summed E-state index contributed by atoms with van der Waals surface area (Å²) in [6.07, 6.45) is 5.47. The Morgan fingerprint density at radius 2 is 2.32 bits per heavy atom. The second-order valence-corrected chi connectivity index (χ2v) is 7.88. The predicted molar refractivity (Wildman–Crippen MR) is 85.3 cm³/mol. The first-order valence-corrected chi connectivity index (χ1v) is 9.18. The molecule has 22 heavy (non-hydrogen) atoms. The van der Waals surface area contributed by atoms with Gasteiger partial charge in [-0.1, -0.05) is 0 Å². The number of aliphatic hydroxyl groups excluding tert-OH is 1. The molecule has 1 amide bonds. The maximum atomic E-state index is 13.0. The van der Waals surface area contributed by atoms with Crippen molar-refractivity contribution in [3.8, 4) is 0 Å². The van der Waals surface area contributed by atoms with Gasteiger partial charge in [0.2, 0.25) is 0 Å². The molecule has 1 aromatic heterocycles. The molecule has 2 fully saturated rings. The van der Waals surface area contributed by atoms with E-state index < -0.39 is 0 Å². The van der Waals surface area contributed by atoms with Gasteiger partial charge in [-0.25, -0.2) is 0 Å². The van der Waals surface area contributed by atoms with Crippen LogP contribution < -0.4 is 0 Å². The Kier molecular flexibility index (Phi) is 3.75. The summed E-state index contributed by atoms with van der Waals surface area (Å²) in [7, 11) is 0. The van der Waals surface area contributed by atoms with E-state index >= 15 is 0 Å². The third-order valence-electron chi connectivity index (χ3n) is 5.78. The Balaban J connectivity index is 1.58. The van der Waals surface area contributed by atoms with Gasteiger partial charge in [0.15, 0.2) is 0 Å². The molecule has 0 radical (unpaired) electrons. The van der Waals surface area contributed by atoms with Gasteiger partial charge in [0, 0.05) is 31.0 Å². The number of amides is 1. The number of ether oxygens (including phenoxy) is 1. The summed E-state index contributed by atoms with van der Waals surface area (Å²) in [5, 5.41) is 12.1. The van der Waals surface area contributed by atoms with Gasteiger partial charge in [-0.2, -0.15) is 0 Å². The van der Waals surface area contributed by atoms with E-state index in [0.29, 0.717) is 19.8 Å². The lowest BCUT2D eigenvalue weighted by molar-refractivity contribution is -0.0415. The van der Waals surface area contributed by atoms with Crippen LogP contribution >= 0.6 is 11.3 Å². The van der Waals surface area contributed by atoms with Crippen LogP contribution in [0.3, 0.4) is 0 Å². The maximum absolute atomic E-state index is 13.0. The second kappa shape index (κ2) is 5.62. The van der Waals surface area contributed by atoms with E-state index in [2.05, 4.69) is 5.38 Å². The Morgan fingerprint density at radius 1 is 1.45 bits per heavy atom. The van der Waals surface area contributed by atoms with Crippen LogP contribution in [-0.2, 0) is 17.6 Å². The minimum Gasteiger partial charge on any atom is -0.396 e. The van der Waals surface area contributed by atoms with Gasteiger partial charge in [-0.15, -0.1) is 11.3 Å². The smallest absolute Gasteiger partial charge is 0.264 e. The van der Waals surface area contributed by atoms with Crippen molar-refractivity contribution in [2.24, 2.45) is 11.3 Å². The standard InChI is InChI=1S/C17H23NO3S/c19-11-17-5-6-21-8-13(17)7-18(10-17)16(20)15-14-4-2-1-3-12(14)9-22-15/h9,13,19H,1-8,10-11H2/t13-,17-/m1/s1. The zero-order chi connectivity index (χ0) is 15.2. The van der Waals surface area contributed by atoms with Gasteiger partial charge < -0.3 is 14.7 Å². The van der Waals surface area contributed by atoms with Crippen molar-refractivity contribution in [1.29, 1.82) is 0 Å². The summed E-state index contributed by atoms with van der Waals surface area (Å²) >= 11 is 1.62. The molecule has 3 aliphatic rings. The van der Waals surface area contributed by atoms with E-state index in [-0.39, 0.29) is 23.8 Å². The summed E-state index contributed by atoms with van der Waals surface area (Å²) in [5.74, 6) is 0.460. The van der Waals surface area contributed by atoms with Gasteiger partial charge in [0.1, 0.15) is 0 Å². The minimum absolute atomic E-state index is 0.134. The quantitative estimate of drug-likeness (QED) is 0.907. The zero-order valence-electron chi connectivity index (χ0n) is 12.8. The number of likely N-dealkylation sites (tertiary alicyclic amines) is 1. The Hall–Kier alpha value is -0.910. The fraction of sp³-hybridized carbons (Fsp3) is 0.706. The van der Waals surface area contributed by atoms with Gasteiger partial charge in [-0.3, -0.25) is 4.79 Å². The molecule has 0 bridgehead atoms. The van der Waals surface area contributed by atoms with E-state index in [0.717, 1.165) is 30.7 Å². The first kappa shape index (κ1) is 14.7. The highest BCUT2D eigenvalue weighted by Gasteiger charge is 2.49. The molecular formula is C17H23NO3S. The number of carbonyl (C=O) groups is 1. The third kappa shape index (κ3) is 2.22. The van der Waals surface area contributed by atoms with Crippen molar-refractivity contribution in [1.82, 2.24) is 4.90 Å². The van der Waals surface area contributed by atoms with Crippen LogP contribution in [-0.4, -0.2) is 48.8 Å². The second-order valence-electron chi connectivity index (χ2n) is 7.00. The number of thiophene rings is 1. The molecule has 4 nitrogen and oxygen atoms in total. The zero-order valence-corrected chi connectivity index (χ0v) is 13.7. The molecule has 1 aromatic rings. The number of nitrogens with zero attached hydrogens (tertiary/aromatic N) is 1. The Morgan fingerprint density at radius 3 is 3.14 bits per heavy atom. The van der Waals surface area contributed by atoms with Crippen molar-refractivity contribution < 1.29 is 14.6 Å². The fourth-order valence-corrected chi connectivity index (χ4v) is 5.43. The van der Waals surface area contributed by atoms with Crippen LogP contribution in [0.15, 0.2) is 5.38 Å². The molecule has 0 spiro atoms. The van der Waals surface area contributed by atoms with Crippen LogP contribution in [0.2, 0.25) is 0 Å². The maximum Gasteiger partial charge on any atom is 0.264 e. The molecule has 4 rings (SSSR count). The minimum atomic E-state index is -0.134. The summed E-state index contributed by atoms with van der Waals surface area (Å²) in [6, 6.07) is 0. The van der Waals surface area contributed by atoms with Crippen molar-refractivity contribution in [2.75, 3.05) is 32.9 Å². The van der Waals surface area contributed by atoms with E-state index in [9.17, 15) is 9.90 Å². The molecule has 1 aliphatic carbocycles. The van der Waals surface area contributed by atoms with Crippen LogP contribution in [0.25, 0.3) is 0 Å². The van der Waals surface area contributed by atoms with Crippen LogP contribution in [0.5, 0.6) is 0 Å². The number of fused-ring (bicyclic) bond motifs is 2. The molecule has 5 heteroatoms. The lowest BCUT2D eigenvalue weighted by Crippen LogP contribution is -2.41. The lowest BCUT2D eigenvalue weighted by atomic mass is 9.75. The molecule has 3 heterocycles. The van der Waals surface area contributed by atoms with Crippen molar-refractivity contribution in [3.05, 3.63) is 21.4 Å². The SMILES string of the molecule is O=C(c1scc2c1CCCC2)N1C[C@@H]2COCC[C@]2(CO)C1. The van der Waals surface area contributed by atoms with Gasteiger partial charge >= 0.3 is 0 Å². The van der Waals surface area contributed by atoms with Crippen LogP contribution in [0.1, 0.15) is 40.1 Å². The molecule has 2 atom stereocenters. The number of rotatable bonds is 2. The van der Waals surface area contributed by atoms with Crippen molar-refractivity contribution in [2.45, 2.75) is 32.1 Å². The topological polar surface area (TPSA) is 49.8 Å². The predicted octanol–water partition coefficient (Wildman–Crippen LogP) is 2.10. The highest BCUT2D eigenvalue weighted by atomic mass is 32.1. The Bertz CT molecular complexity index is 584. The van der Waals surface area contributed by atoms with Gasteiger partial charge in [0.05, 0.1) is 18.1 Å². The first-order chi connectivity index (χ1) is 10.7.